The molecule has 0 fully saturated rings. The monoisotopic (exact) mass is 205 g/mol. The second kappa shape index (κ2) is 3.81. The van der Waals surface area contributed by atoms with E-state index in [1.165, 1.54) is 5.56 Å². The second-order valence-corrected chi connectivity index (χ2v) is 3.76. The molecule has 4 heteroatoms. The molecule has 2 rings (SSSR count). The van der Waals surface area contributed by atoms with Gasteiger partial charge in [0.1, 0.15) is 6.04 Å². The summed E-state index contributed by atoms with van der Waals surface area (Å²) in [5, 5.41) is 6.24. The fourth-order valence-corrected chi connectivity index (χ4v) is 1.87. The number of nitrogens with one attached hydrogen (secondary N) is 2. The lowest BCUT2D eigenvalue weighted by Gasteiger charge is -2.25. The lowest BCUT2D eigenvalue weighted by Crippen LogP contribution is -2.38. The van der Waals surface area contributed by atoms with E-state index in [2.05, 4.69) is 16.7 Å². The van der Waals surface area contributed by atoms with E-state index in [0.717, 1.165) is 24.2 Å². The van der Waals surface area contributed by atoms with E-state index in [0.29, 0.717) is 0 Å². The van der Waals surface area contributed by atoms with E-state index in [1.54, 1.807) is 0 Å². The molecule has 1 aromatic carbocycles. The van der Waals surface area contributed by atoms with Gasteiger partial charge in [-0.05, 0) is 36.6 Å². The molecule has 1 atom stereocenters. The number of hydrogen-bond donors (Lipinski definition) is 3. The summed E-state index contributed by atoms with van der Waals surface area (Å²) in [7, 11) is 1.89. The number of rotatable bonds is 2. The molecule has 0 bridgehead atoms. The van der Waals surface area contributed by atoms with E-state index in [9.17, 15) is 4.79 Å². The van der Waals surface area contributed by atoms with Gasteiger partial charge in [-0.1, -0.05) is 0 Å². The zero-order chi connectivity index (χ0) is 10.8. The van der Waals surface area contributed by atoms with Crippen molar-refractivity contribution in [1.29, 1.82) is 0 Å². The maximum atomic E-state index is 11.0. The van der Waals surface area contributed by atoms with Gasteiger partial charge in [-0.3, -0.25) is 4.79 Å². The van der Waals surface area contributed by atoms with Crippen LogP contribution in [0.1, 0.15) is 12.0 Å². The van der Waals surface area contributed by atoms with Crippen LogP contribution in [0.3, 0.4) is 0 Å². The number of fused-ring (bicyclic) bond motifs is 1. The van der Waals surface area contributed by atoms with Gasteiger partial charge in [0.2, 0.25) is 5.91 Å². The smallest absolute Gasteiger partial charge is 0.239 e. The molecule has 1 heterocycles. The number of nitrogens with two attached hydrogens (primary N) is 1. The lowest BCUT2D eigenvalue weighted by atomic mass is 9.97. The maximum absolute atomic E-state index is 11.0. The number of benzene rings is 1. The van der Waals surface area contributed by atoms with Crippen molar-refractivity contribution in [3.8, 4) is 0 Å². The molecule has 0 radical (unpaired) electrons. The van der Waals surface area contributed by atoms with Crippen LogP contribution in [-0.4, -0.2) is 19.0 Å². The molecular formula is C11H15N3O. The SMILES string of the molecule is CNc1ccc2c(c1)CCC(C(N)=O)N2. The van der Waals surface area contributed by atoms with E-state index in [1.807, 2.05) is 19.2 Å². The Morgan fingerprint density at radius 1 is 1.60 bits per heavy atom. The van der Waals surface area contributed by atoms with Gasteiger partial charge in [-0.15, -0.1) is 0 Å². The highest BCUT2D eigenvalue weighted by Crippen LogP contribution is 2.27. The first-order valence-corrected chi connectivity index (χ1v) is 5.07. The molecule has 1 aromatic rings. The Balaban J connectivity index is 2.24. The Morgan fingerprint density at radius 3 is 3.07 bits per heavy atom. The van der Waals surface area contributed by atoms with Crippen LogP contribution in [0.5, 0.6) is 0 Å². The number of hydrogen-bond acceptors (Lipinski definition) is 3. The number of amides is 1. The largest absolute Gasteiger partial charge is 0.388 e. The summed E-state index contributed by atoms with van der Waals surface area (Å²) in [6.45, 7) is 0. The first-order valence-electron chi connectivity index (χ1n) is 5.07. The minimum absolute atomic E-state index is 0.224. The quantitative estimate of drug-likeness (QED) is 0.673. The number of aryl methyl sites for hydroxylation is 1. The molecule has 1 amide bonds. The molecule has 1 aliphatic rings. The molecule has 0 spiro atoms. The summed E-state index contributed by atoms with van der Waals surface area (Å²) in [5.74, 6) is -0.279. The van der Waals surface area contributed by atoms with Crippen LogP contribution in [0.2, 0.25) is 0 Å². The van der Waals surface area contributed by atoms with E-state index >= 15 is 0 Å². The third-order valence-electron chi connectivity index (χ3n) is 2.77. The first-order chi connectivity index (χ1) is 7.20. The Kier molecular flexibility index (Phi) is 2.49. The van der Waals surface area contributed by atoms with Crippen LogP contribution in [0, 0.1) is 0 Å². The van der Waals surface area contributed by atoms with Crippen molar-refractivity contribution in [3.63, 3.8) is 0 Å². The highest BCUT2D eigenvalue weighted by atomic mass is 16.1. The minimum atomic E-state index is -0.279. The van der Waals surface area contributed by atoms with Gasteiger partial charge in [0.25, 0.3) is 0 Å². The molecule has 0 aromatic heterocycles. The van der Waals surface area contributed by atoms with E-state index in [4.69, 9.17) is 5.73 Å². The maximum Gasteiger partial charge on any atom is 0.239 e. The molecule has 80 valence electrons. The predicted octanol–water partition coefficient (Wildman–Crippen LogP) is 0.940. The molecular weight excluding hydrogens is 190 g/mol. The summed E-state index contributed by atoms with van der Waals surface area (Å²) in [6.07, 6.45) is 1.67. The molecule has 4 N–H and O–H groups in total. The van der Waals surface area contributed by atoms with Gasteiger partial charge < -0.3 is 16.4 Å². The number of primary amides is 1. The predicted molar refractivity (Wildman–Crippen MR) is 60.9 cm³/mol. The highest BCUT2D eigenvalue weighted by Gasteiger charge is 2.21. The topological polar surface area (TPSA) is 67.1 Å². The fraction of sp³-hybridized carbons (Fsp3) is 0.364. The van der Waals surface area contributed by atoms with Gasteiger partial charge in [0, 0.05) is 18.4 Å². The Labute approximate surface area is 88.9 Å². The van der Waals surface area contributed by atoms with Crippen molar-refractivity contribution in [2.24, 2.45) is 5.73 Å². The Bertz CT molecular complexity index is 389. The van der Waals surface area contributed by atoms with Crippen LogP contribution in [0.25, 0.3) is 0 Å². The third-order valence-corrected chi connectivity index (χ3v) is 2.77. The molecule has 1 aliphatic heterocycles. The van der Waals surface area contributed by atoms with Crippen molar-refractivity contribution in [2.45, 2.75) is 18.9 Å². The summed E-state index contributed by atoms with van der Waals surface area (Å²) >= 11 is 0. The second-order valence-electron chi connectivity index (χ2n) is 3.76. The lowest BCUT2D eigenvalue weighted by molar-refractivity contribution is -0.118. The zero-order valence-electron chi connectivity index (χ0n) is 8.71. The van der Waals surface area contributed by atoms with Crippen molar-refractivity contribution in [2.75, 3.05) is 17.7 Å². The van der Waals surface area contributed by atoms with Crippen molar-refractivity contribution in [3.05, 3.63) is 23.8 Å². The molecule has 0 aliphatic carbocycles. The van der Waals surface area contributed by atoms with Crippen molar-refractivity contribution >= 4 is 17.3 Å². The van der Waals surface area contributed by atoms with E-state index in [-0.39, 0.29) is 11.9 Å². The van der Waals surface area contributed by atoms with Crippen LogP contribution >= 0.6 is 0 Å². The molecule has 15 heavy (non-hydrogen) atoms. The normalized spacial score (nSPS) is 18.9. The highest BCUT2D eigenvalue weighted by molar-refractivity contribution is 5.84. The summed E-state index contributed by atoms with van der Waals surface area (Å²) in [6, 6.07) is 5.84. The van der Waals surface area contributed by atoms with Crippen LogP contribution in [0.4, 0.5) is 11.4 Å². The summed E-state index contributed by atoms with van der Waals surface area (Å²) < 4.78 is 0. The summed E-state index contributed by atoms with van der Waals surface area (Å²) in [4.78, 5) is 11.0. The van der Waals surface area contributed by atoms with Crippen molar-refractivity contribution in [1.82, 2.24) is 0 Å². The van der Waals surface area contributed by atoms with Gasteiger partial charge in [-0.25, -0.2) is 0 Å². The fourth-order valence-electron chi connectivity index (χ4n) is 1.87. The van der Waals surface area contributed by atoms with Crippen LogP contribution in [0.15, 0.2) is 18.2 Å². The average Bonchev–Trinajstić information content (AvgIpc) is 2.27. The molecule has 1 unspecified atom stereocenters. The Morgan fingerprint density at radius 2 is 2.40 bits per heavy atom. The van der Waals surface area contributed by atoms with Crippen molar-refractivity contribution < 1.29 is 4.79 Å². The molecule has 4 nitrogen and oxygen atoms in total. The zero-order valence-corrected chi connectivity index (χ0v) is 8.71. The first kappa shape index (κ1) is 9.83. The van der Waals surface area contributed by atoms with E-state index < -0.39 is 0 Å². The van der Waals surface area contributed by atoms with Gasteiger partial charge in [0.05, 0.1) is 0 Å². The van der Waals surface area contributed by atoms with Gasteiger partial charge >= 0.3 is 0 Å². The molecule has 0 saturated heterocycles. The number of carbonyl (C=O) groups excluding carboxylic acids is 1. The summed E-state index contributed by atoms with van der Waals surface area (Å²) in [5.41, 5.74) is 8.61. The third kappa shape index (κ3) is 1.88. The number of carbonyl (C=O) groups is 1. The van der Waals surface area contributed by atoms with Crippen LogP contribution < -0.4 is 16.4 Å². The minimum Gasteiger partial charge on any atom is -0.388 e. The molecule has 0 saturated carbocycles. The van der Waals surface area contributed by atoms with Gasteiger partial charge in [0.15, 0.2) is 0 Å². The average molecular weight is 205 g/mol. The standard InChI is InChI=1S/C11H15N3O/c1-13-8-3-5-9-7(6-8)2-4-10(14-9)11(12)15/h3,5-6,10,13-14H,2,4H2,1H3,(H2,12,15). The van der Waals surface area contributed by atoms with Gasteiger partial charge in [-0.2, -0.15) is 0 Å². The Hall–Kier alpha value is -1.71. The number of anilines is 2. The van der Waals surface area contributed by atoms with Crippen LogP contribution in [-0.2, 0) is 11.2 Å².